The number of hydrogen-bond acceptors (Lipinski definition) is 4. The Morgan fingerprint density at radius 2 is 2.04 bits per heavy atom. The highest BCUT2D eigenvalue weighted by Gasteiger charge is 2.16. The Morgan fingerprint density at radius 3 is 2.72 bits per heavy atom. The molecule has 1 aromatic carbocycles. The fourth-order valence-electron chi connectivity index (χ4n) is 2.03. The van der Waals surface area contributed by atoms with Gasteiger partial charge in [0, 0.05) is 17.1 Å². The lowest BCUT2D eigenvalue weighted by Gasteiger charge is -2.10. The molecule has 0 atom stereocenters. The van der Waals surface area contributed by atoms with Crippen molar-refractivity contribution in [3.8, 4) is 0 Å². The van der Waals surface area contributed by atoms with Gasteiger partial charge < -0.3 is 15.1 Å². The van der Waals surface area contributed by atoms with Crippen molar-refractivity contribution in [1.82, 2.24) is 5.32 Å². The number of rotatable bonds is 5. The van der Waals surface area contributed by atoms with E-state index in [4.69, 9.17) is 4.42 Å². The van der Waals surface area contributed by atoms with Gasteiger partial charge >= 0.3 is 0 Å². The second kappa shape index (κ2) is 7.59. The van der Waals surface area contributed by atoms with E-state index in [-0.39, 0.29) is 11.4 Å². The van der Waals surface area contributed by atoms with Crippen molar-refractivity contribution in [1.29, 1.82) is 0 Å². The van der Waals surface area contributed by atoms with Gasteiger partial charge in [0.2, 0.25) is 0 Å². The number of thiophene rings is 1. The predicted molar refractivity (Wildman–Crippen MR) is 93.5 cm³/mol. The Balaban J connectivity index is 1.83. The number of carbonyl (C=O) groups excluding carboxylic acids is 2. The Morgan fingerprint density at radius 1 is 1.16 bits per heavy atom. The summed E-state index contributed by atoms with van der Waals surface area (Å²) in [5.41, 5.74) is 0.699. The van der Waals surface area contributed by atoms with Gasteiger partial charge in [-0.1, -0.05) is 6.07 Å². The van der Waals surface area contributed by atoms with Gasteiger partial charge in [0.25, 0.3) is 11.8 Å². The smallest absolute Gasteiger partial charge is 0.272 e. The zero-order valence-corrected chi connectivity index (χ0v) is 13.7. The van der Waals surface area contributed by atoms with E-state index in [1.165, 1.54) is 41.9 Å². The van der Waals surface area contributed by atoms with Crippen LogP contribution in [0.25, 0.3) is 6.08 Å². The summed E-state index contributed by atoms with van der Waals surface area (Å²) in [7, 11) is 0. The fraction of sp³-hybridized carbons (Fsp3) is 0. The zero-order chi connectivity index (χ0) is 17.6. The number of hydrogen-bond donors (Lipinski definition) is 2. The van der Waals surface area contributed by atoms with Gasteiger partial charge in [0.05, 0.1) is 11.8 Å². The molecule has 2 heterocycles. The van der Waals surface area contributed by atoms with Gasteiger partial charge in [-0.15, -0.1) is 0 Å². The average Bonchev–Trinajstić information content (AvgIpc) is 3.28. The lowest BCUT2D eigenvalue weighted by atomic mass is 10.2. The van der Waals surface area contributed by atoms with E-state index in [1.54, 1.807) is 35.0 Å². The van der Waals surface area contributed by atoms with E-state index in [1.807, 2.05) is 0 Å². The zero-order valence-electron chi connectivity index (χ0n) is 12.9. The maximum Gasteiger partial charge on any atom is 0.272 e. The van der Waals surface area contributed by atoms with Crippen LogP contribution in [0.15, 0.2) is 69.6 Å². The Bertz CT molecular complexity index is 902. The summed E-state index contributed by atoms with van der Waals surface area (Å²) < 4.78 is 18.5. The first kappa shape index (κ1) is 16.7. The highest BCUT2D eigenvalue weighted by Crippen LogP contribution is 2.13. The van der Waals surface area contributed by atoms with Crippen LogP contribution in [0.3, 0.4) is 0 Å². The van der Waals surface area contributed by atoms with E-state index in [0.717, 1.165) is 0 Å². The SMILES string of the molecule is O=C(Nc1cccc(F)c1)/C(=C\c1ccco1)NC(=O)c1ccsc1. The molecule has 0 spiro atoms. The Hall–Kier alpha value is -3.19. The van der Waals surface area contributed by atoms with Crippen LogP contribution in [-0.4, -0.2) is 11.8 Å². The lowest BCUT2D eigenvalue weighted by molar-refractivity contribution is -0.113. The van der Waals surface area contributed by atoms with Crippen molar-refractivity contribution in [2.24, 2.45) is 0 Å². The molecule has 5 nitrogen and oxygen atoms in total. The first-order valence-electron chi connectivity index (χ1n) is 7.27. The molecule has 3 rings (SSSR count). The van der Waals surface area contributed by atoms with Crippen LogP contribution in [0.4, 0.5) is 10.1 Å². The normalized spacial score (nSPS) is 11.2. The number of amides is 2. The molecule has 0 bridgehead atoms. The number of nitrogens with one attached hydrogen (secondary N) is 2. The Kier molecular flexibility index (Phi) is 5.06. The average molecular weight is 356 g/mol. The third-order valence-electron chi connectivity index (χ3n) is 3.19. The summed E-state index contributed by atoms with van der Waals surface area (Å²) >= 11 is 1.37. The minimum Gasteiger partial charge on any atom is -0.465 e. The van der Waals surface area contributed by atoms with Gasteiger partial charge in [-0.3, -0.25) is 9.59 Å². The molecule has 0 radical (unpaired) electrons. The quantitative estimate of drug-likeness (QED) is 0.681. The van der Waals surface area contributed by atoms with Crippen molar-refractivity contribution in [3.05, 3.63) is 82.3 Å². The molecule has 126 valence electrons. The van der Waals surface area contributed by atoms with Crippen LogP contribution in [0.5, 0.6) is 0 Å². The van der Waals surface area contributed by atoms with Crippen LogP contribution in [0, 0.1) is 5.82 Å². The summed E-state index contributed by atoms with van der Waals surface area (Å²) in [5.74, 6) is -1.09. The van der Waals surface area contributed by atoms with Crippen molar-refractivity contribution in [2.75, 3.05) is 5.32 Å². The molecule has 0 saturated heterocycles. The fourth-order valence-corrected chi connectivity index (χ4v) is 2.66. The van der Waals surface area contributed by atoms with Crippen molar-refractivity contribution in [3.63, 3.8) is 0 Å². The molecule has 7 heteroatoms. The summed E-state index contributed by atoms with van der Waals surface area (Å²) in [6.45, 7) is 0. The first-order chi connectivity index (χ1) is 12.1. The maximum atomic E-state index is 13.3. The Labute approximate surface area is 146 Å². The van der Waals surface area contributed by atoms with Crippen molar-refractivity contribution < 1.29 is 18.4 Å². The highest BCUT2D eigenvalue weighted by molar-refractivity contribution is 7.08. The van der Waals surface area contributed by atoms with Crippen LogP contribution >= 0.6 is 11.3 Å². The molecule has 2 amide bonds. The third-order valence-corrected chi connectivity index (χ3v) is 3.87. The molecule has 2 aromatic heterocycles. The van der Waals surface area contributed by atoms with Crippen LogP contribution < -0.4 is 10.6 Å². The molecule has 0 aliphatic carbocycles. The molecule has 3 aromatic rings. The molecule has 25 heavy (non-hydrogen) atoms. The topological polar surface area (TPSA) is 71.3 Å². The number of anilines is 1. The van der Waals surface area contributed by atoms with E-state index < -0.39 is 17.6 Å². The standard InChI is InChI=1S/C18H13FN2O3S/c19-13-3-1-4-14(9-13)20-18(23)16(10-15-5-2-7-24-15)21-17(22)12-6-8-25-11-12/h1-11H,(H,20,23)(H,21,22)/b16-10+. The number of furan rings is 1. The second-order valence-corrected chi connectivity index (χ2v) is 5.78. The molecule has 0 aliphatic heterocycles. The van der Waals surface area contributed by atoms with E-state index in [0.29, 0.717) is 11.3 Å². The monoisotopic (exact) mass is 356 g/mol. The van der Waals surface area contributed by atoms with Gasteiger partial charge in [-0.05, 0) is 41.8 Å². The van der Waals surface area contributed by atoms with Crippen LogP contribution in [0.1, 0.15) is 16.1 Å². The minimum absolute atomic E-state index is 0.0181. The van der Waals surface area contributed by atoms with Crippen molar-refractivity contribution >= 4 is 34.9 Å². The number of halogens is 1. The molecule has 0 aliphatic rings. The molecule has 2 N–H and O–H groups in total. The molecular formula is C18H13FN2O3S. The van der Waals surface area contributed by atoms with Gasteiger partial charge in [-0.25, -0.2) is 4.39 Å². The predicted octanol–water partition coefficient (Wildman–Crippen LogP) is 3.89. The van der Waals surface area contributed by atoms with E-state index >= 15 is 0 Å². The number of carbonyl (C=O) groups is 2. The second-order valence-electron chi connectivity index (χ2n) is 5.00. The van der Waals surface area contributed by atoms with Crippen LogP contribution in [0.2, 0.25) is 0 Å². The van der Waals surface area contributed by atoms with E-state index in [9.17, 15) is 14.0 Å². The summed E-state index contributed by atoms with van der Waals surface area (Å²) in [6.07, 6.45) is 2.85. The molecule has 0 unspecified atom stereocenters. The largest absolute Gasteiger partial charge is 0.465 e. The summed E-state index contributed by atoms with van der Waals surface area (Å²) in [4.78, 5) is 24.7. The highest BCUT2D eigenvalue weighted by atomic mass is 32.1. The minimum atomic E-state index is -0.592. The molecular weight excluding hydrogens is 343 g/mol. The van der Waals surface area contributed by atoms with E-state index in [2.05, 4.69) is 10.6 Å². The van der Waals surface area contributed by atoms with Crippen LogP contribution in [-0.2, 0) is 4.79 Å². The van der Waals surface area contributed by atoms with Gasteiger partial charge in [0.1, 0.15) is 17.3 Å². The first-order valence-corrected chi connectivity index (χ1v) is 8.22. The summed E-state index contributed by atoms with van der Waals surface area (Å²) in [5, 5.41) is 8.53. The third kappa shape index (κ3) is 4.42. The van der Waals surface area contributed by atoms with Crippen molar-refractivity contribution in [2.45, 2.75) is 0 Å². The van der Waals surface area contributed by atoms with Gasteiger partial charge in [-0.2, -0.15) is 11.3 Å². The summed E-state index contributed by atoms with van der Waals surface area (Å²) in [6, 6.07) is 10.4. The lowest BCUT2D eigenvalue weighted by Crippen LogP contribution is -2.30. The molecule has 0 saturated carbocycles. The number of benzene rings is 1. The molecule has 0 fully saturated rings. The maximum absolute atomic E-state index is 13.3. The van der Waals surface area contributed by atoms with Gasteiger partial charge in [0.15, 0.2) is 0 Å².